The maximum Gasteiger partial charge on any atom is 0.157 e. The second kappa shape index (κ2) is 34.6. The van der Waals surface area contributed by atoms with Gasteiger partial charge in [0.2, 0.25) is 0 Å². The van der Waals surface area contributed by atoms with Crippen LogP contribution in [0.5, 0.6) is 201 Å². The standard InChI is InChI=1S/C105H86O42/c106-38-22-54(121)69-68(23-38)142-95(32-2-9-41(108)48(115)16-32)88(135)81(69)71-55(122)25-57(124)73-83(90(137)97(144-101(71)73)34-4-11-43(110)50(117)18-34)75-59(126)27-61(128)77-85(92(139)99(146-103(75)77)36-6-13-45(112)52(119)20-36)79-63(130)29-64(131)80-86(93(140)100(147-105(79)80)37-7-14-46(113)53(120)21-37)78-62(129)28-60(127)76-84(91(138)98(145-104(76)78)35-5-12-44(111)51(118)19-35)74-58(125)26-56(123)72-82(89(136)96(143-102(72)74)33-3-10-42(109)49(116)17-33)70-65(132)30-67-39(87(70)134)24-66(133)94(141-67)31-1-8-40(107)47(114)15-31/h1-23,25-30,66,81-86,88-100,106-140H,24H2/t66-,81?,82?,83?,84?,85?,86?,88+,89+,90+,91+,92+,93+,94+,95+,96+,97+,98+,99+,100+/m0/s1. The smallest absolute Gasteiger partial charge is 0.157 e. The molecule has 35 N–H and O–H groups in total. The molecule has 0 radical (unpaired) electrons. The van der Waals surface area contributed by atoms with Crippen molar-refractivity contribution in [3.05, 3.63) is 287 Å². The Labute approximate surface area is 823 Å². The molecule has 14 aromatic carbocycles. The normalized spacial score (nSPS) is 24.5. The van der Waals surface area contributed by atoms with Crippen LogP contribution in [0.15, 0.2) is 176 Å². The number of phenols is 28. The maximum atomic E-state index is 13.9. The summed E-state index contributed by atoms with van der Waals surface area (Å²) in [7, 11) is 0. The van der Waals surface area contributed by atoms with E-state index in [0.717, 1.165) is 133 Å². The SMILES string of the molecule is Oc1cc(O)c2c(c1)O[C@H](c1ccc(O)c(O)c1)[C@H](O)C2c1c(O)cc(O)c2c1O[C@H](c1ccc(O)c(O)c1)[C@H](O)C2c1c(O)cc(O)c2c1O[C@H](c1ccc(O)c(O)c1)[C@H](O)C2c1c(O)cc(O)c2c1O[C@H](c1ccc(O)c(O)c1)[C@H](O)C2c1c(O)cc(O)c2c1O[C@H](c1ccc(O)c(O)c1)[C@H](O)C2c1c(O)cc(O)c2c1O[C@H](c1ccc(O)c(O)c1)[C@H](O)C2c1c(O)cc2c(c1O)C[C@H](O)[C@@H](c1ccc(O)c(O)c1)O2. The fourth-order valence-electron chi connectivity index (χ4n) is 21.8. The summed E-state index contributed by atoms with van der Waals surface area (Å²) >= 11 is 0. The van der Waals surface area contributed by atoms with Crippen LogP contribution in [0.25, 0.3) is 0 Å². The van der Waals surface area contributed by atoms with Gasteiger partial charge in [-0.05, 0) is 124 Å². The zero-order valence-electron chi connectivity index (χ0n) is 75.0. The molecule has 20 atom stereocenters. The first-order valence-corrected chi connectivity index (χ1v) is 45.0. The van der Waals surface area contributed by atoms with Gasteiger partial charge in [-0.2, -0.15) is 0 Å². The lowest BCUT2D eigenvalue weighted by molar-refractivity contribution is -0.0114. The molecule has 0 bridgehead atoms. The van der Waals surface area contributed by atoms with Crippen LogP contribution >= 0.6 is 0 Å². The Kier molecular flexibility index (Phi) is 22.3. The van der Waals surface area contributed by atoms with E-state index in [9.17, 15) is 179 Å². The first-order valence-electron chi connectivity index (χ1n) is 45.0. The topological polar surface area (TPSA) is 773 Å². The molecular weight excluding hydrogens is 1930 g/mol. The Morgan fingerprint density at radius 2 is 0.354 bits per heavy atom. The molecule has 0 aromatic heterocycles. The Morgan fingerprint density at radius 1 is 0.163 bits per heavy atom. The summed E-state index contributed by atoms with van der Waals surface area (Å²) in [6.07, 6.45) is -30.5. The van der Waals surface area contributed by atoms with E-state index in [2.05, 4.69) is 0 Å². The van der Waals surface area contributed by atoms with Crippen molar-refractivity contribution in [3.8, 4) is 201 Å². The summed E-state index contributed by atoms with van der Waals surface area (Å²) in [5.41, 5.74) is -11.3. The van der Waals surface area contributed by atoms with Gasteiger partial charge < -0.3 is 212 Å². The molecule has 0 saturated heterocycles. The Morgan fingerprint density at radius 3 is 0.585 bits per heavy atom. The average Bonchev–Trinajstić information content (AvgIpc) is 0.697. The quantitative estimate of drug-likeness (QED) is 0.0477. The van der Waals surface area contributed by atoms with Crippen LogP contribution < -0.4 is 33.2 Å². The van der Waals surface area contributed by atoms with Gasteiger partial charge >= 0.3 is 0 Å². The molecule has 7 aliphatic rings. The third-order valence-electron chi connectivity index (χ3n) is 28.5. The largest absolute Gasteiger partial charge is 0.508 e. The molecule has 21 rings (SSSR count). The third kappa shape index (κ3) is 14.9. The number of fused-ring (bicyclic) bond motifs is 7. The lowest BCUT2D eigenvalue weighted by Gasteiger charge is -2.45. The first kappa shape index (κ1) is 95.0. The van der Waals surface area contributed by atoms with E-state index >= 15 is 0 Å². The van der Waals surface area contributed by atoms with Crippen LogP contribution in [-0.2, 0) is 6.42 Å². The van der Waals surface area contributed by atoms with Gasteiger partial charge in [-0.15, -0.1) is 0 Å². The molecule has 147 heavy (non-hydrogen) atoms. The highest BCUT2D eigenvalue weighted by atomic mass is 16.5. The summed E-state index contributed by atoms with van der Waals surface area (Å²) in [4.78, 5) is 0. The molecule has 6 unspecified atom stereocenters. The van der Waals surface area contributed by atoms with E-state index in [1.54, 1.807) is 0 Å². The van der Waals surface area contributed by atoms with Crippen LogP contribution in [0, 0.1) is 0 Å². The predicted molar refractivity (Wildman–Crippen MR) is 497 cm³/mol. The second-order valence-corrected chi connectivity index (χ2v) is 37.0. The van der Waals surface area contributed by atoms with Crippen molar-refractivity contribution in [2.45, 2.75) is 127 Å². The van der Waals surface area contributed by atoms with Crippen molar-refractivity contribution < 1.29 is 212 Å². The number of aliphatic hydroxyl groups excluding tert-OH is 7. The van der Waals surface area contributed by atoms with Gasteiger partial charge in [0.15, 0.2) is 117 Å². The lowest BCUT2D eigenvalue weighted by Crippen LogP contribution is -2.40. The Bertz CT molecular complexity index is 7860. The monoisotopic (exact) mass is 2020 g/mol. The van der Waals surface area contributed by atoms with Crippen LogP contribution in [0.1, 0.15) is 190 Å². The van der Waals surface area contributed by atoms with Crippen LogP contribution in [0.4, 0.5) is 0 Å². The fraction of sp³-hybridized carbons (Fsp3) is 0.200. The van der Waals surface area contributed by atoms with Crippen molar-refractivity contribution in [3.63, 3.8) is 0 Å². The van der Waals surface area contributed by atoms with E-state index in [1.165, 1.54) is 12.1 Å². The highest BCUT2D eigenvalue weighted by molar-refractivity contribution is 5.78. The fourth-order valence-corrected chi connectivity index (χ4v) is 21.8. The van der Waals surface area contributed by atoms with Gasteiger partial charge in [-0.25, -0.2) is 0 Å². The number of hydrogen-bond donors (Lipinski definition) is 35. The van der Waals surface area contributed by atoms with Crippen LogP contribution in [0.2, 0.25) is 0 Å². The summed E-state index contributed by atoms with van der Waals surface area (Å²) in [6, 6.07) is 26.7. The molecule has 7 heterocycles. The average molecular weight is 2020 g/mol. The second-order valence-electron chi connectivity index (χ2n) is 37.0. The van der Waals surface area contributed by atoms with Crippen molar-refractivity contribution >= 4 is 0 Å². The van der Waals surface area contributed by atoms with Crippen molar-refractivity contribution in [1.29, 1.82) is 0 Å². The number of benzene rings is 14. The number of aromatic hydroxyl groups is 28. The number of rotatable bonds is 13. The zero-order chi connectivity index (χ0) is 104. The highest BCUT2D eigenvalue weighted by Gasteiger charge is 2.58. The number of ether oxygens (including phenoxy) is 7. The van der Waals surface area contributed by atoms with Gasteiger partial charge in [0.1, 0.15) is 163 Å². The van der Waals surface area contributed by atoms with Crippen molar-refractivity contribution in [1.82, 2.24) is 0 Å². The number of aliphatic hydroxyl groups is 7. The lowest BCUT2D eigenvalue weighted by atomic mass is 9.70. The minimum absolute atomic E-state index is 0.0881. The summed E-state index contributed by atoms with van der Waals surface area (Å²) < 4.78 is 46.6. The number of phenolic OH excluding ortho intramolecular Hbond substituents is 28. The summed E-state index contributed by atoms with van der Waals surface area (Å²) in [5, 5.41) is 426. The predicted octanol–water partition coefficient (Wildman–Crippen LogP) is 10.2. The summed E-state index contributed by atoms with van der Waals surface area (Å²) in [6.45, 7) is 0. The molecule has 0 amide bonds. The number of hydrogen-bond acceptors (Lipinski definition) is 42. The highest BCUT2D eigenvalue weighted by Crippen LogP contribution is 2.70. The van der Waals surface area contributed by atoms with Gasteiger partial charge in [0.25, 0.3) is 0 Å². The Hall–Kier alpha value is -18.2. The molecule has 0 spiro atoms. The third-order valence-corrected chi connectivity index (χ3v) is 28.5. The molecule has 0 aliphatic carbocycles. The zero-order valence-corrected chi connectivity index (χ0v) is 75.0. The van der Waals surface area contributed by atoms with Crippen molar-refractivity contribution in [2.24, 2.45) is 0 Å². The van der Waals surface area contributed by atoms with Crippen LogP contribution in [0.3, 0.4) is 0 Å². The molecule has 758 valence electrons. The van der Waals surface area contributed by atoms with Gasteiger partial charge in [0, 0.05) is 127 Å². The maximum absolute atomic E-state index is 13.9. The molecule has 0 saturated carbocycles. The molecule has 7 aliphatic heterocycles. The molecule has 42 heteroatoms. The minimum Gasteiger partial charge on any atom is -0.508 e. The van der Waals surface area contributed by atoms with E-state index < -0.39 is 395 Å². The van der Waals surface area contributed by atoms with Gasteiger partial charge in [-0.3, -0.25) is 0 Å². The van der Waals surface area contributed by atoms with E-state index in [0.29, 0.717) is 30.3 Å². The molecule has 0 fully saturated rings. The minimum atomic E-state index is -2.53. The molecule has 14 aromatic rings. The van der Waals surface area contributed by atoms with Gasteiger partial charge in [-0.1, -0.05) is 42.5 Å². The van der Waals surface area contributed by atoms with Gasteiger partial charge in [0.05, 0.1) is 41.6 Å². The molecular formula is C105H86O42. The van der Waals surface area contributed by atoms with Crippen LogP contribution in [-0.4, -0.2) is 221 Å². The van der Waals surface area contributed by atoms with E-state index in [-0.39, 0.29) is 44.7 Å². The van der Waals surface area contributed by atoms with E-state index in [4.69, 9.17) is 33.2 Å². The van der Waals surface area contributed by atoms with Crippen molar-refractivity contribution in [2.75, 3.05) is 0 Å². The Balaban J connectivity index is 0.802. The summed E-state index contributed by atoms with van der Waals surface area (Å²) in [5.74, 6) is -44.9. The molecule has 42 nitrogen and oxygen atoms in total. The first-order chi connectivity index (χ1) is 69.9. The van der Waals surface area contributed by atoms with E-state index in [1.807, 2.05) is 0 Å².